The lowest BCUT2D eigenvalue weighted by Crippen LogP contribution is -2.42. The Morgan fingerprint density at radius 1 is 1.39 bits per heavy atom. The number of rotatable bonds is 6. The Hall–Kier alpha value is -1.33. The predicted octanol–water partition coefficient (Wildman–Crippen LogP) is 2.69. The number of ether oxygens (including phenoxy) is 1. The van der Waals surface area contributed by atoms with Gasteiger partial charge in [0.25, 0.3) is 0 Å². The van der Waals surface area contributed by atoms with Gasteiger partial charge in [-0.1, -0.05) is 13.0 Å². The minimum Gasteiger partial charge on any atom is -0.494 e. The van der Waals surface area contributed by atoms with E-state index >= 15 is 0 Å². The third-order valence-electron chi connectivity index (χ3n) is 4.38. The molecule has 0 saturated carbocycles. The summed E-state index contributed by atoms with van der Waals surface area (Å²) in [5, 5.41) is 6.35. The van der Waals surface area contributed by atoms with Crippen molar-refractivity contribution < 1.29 is 13.9 Å². The molecular formula is C17H26ClFN2O2. The van der Waals surface area contributed by atoms with E-state index in [1.54, 1.807) is 12.1 Å². The van der Waals surface area contributed by atoms with E-state index in [1.807, 2.05) is 0 Å². The van der Waals surface area contributed by atoms with Crippen LogP contribution in [0.15, 0.2) is 18.2 Å². The molecule has 23 heavy (non-hydrogen) atoms. The maximum Gasteiger partial charge on any atom is 0.220 e. The van der Waals surface area contributed by atoms with E-state index < -0.39 is 0 Å². The Bertz CT molecular complexity index is 519. The maximum absolute atomic E-state index is 13.6. The van der Waals surface area contributed by atoms with E-state index in [-0.39, 0.29) is 35.3 Å². The molecule has 1 heterocycles. The lowest BCUT2D eigenvalue weighted by Gasteiger charge is -2.34. The van der Waals surface area contributed by atoms with Gasteiger partial charge in [-0.15, -0.1) is 12.4 Å². The van der Waals surface area contributed by atoms with Gasteiger partial charge in [-0.05, 0) is 55.5 Å². The minimum atomic E-state index is -0.386. The summed E-state index contributed by atoms with van der Waals surface area (Å²) in [6.45, 7) is 4.95. The number of amides is 1. The molecule has 6 heteroatoms. The topological polar surface area (TPSA) is 50.4 Å². The highest BCUT2D eigenvalue weighted by atomic mass is 35.5. The van der Waals surface area contributed by atoms with Gasteiger partial charge in [-0.25, -0.2) is 4.39 Å². The molecule has 0 bridgehead atoms. The van der Waals surface area contributed by atoms with Crippen molar-refractivity contribution in [1.29, 1.82) is 0 Å². The molecule has 2 N–H and O–H groups in total. The van der Waals surface area contributed by atoms with Crippen molar-refractivity contribution in [3.05, 3.63) is 29.6 Å². The number of carbonyl (C=O) groups excluding carboxylic acids is 1. The molecule has 0 aliphatic carbocycles. The second-order valence-electron chi connectivity index (χ2n) is 6.31. The second-order valence-corrected chi connectivity index (χ2v) is 6.31. The third kappa shape index (κ3) is 5.99. The number of piperidine rings is 1. The highest BCUT2D eigenvalue weighted by Gasteiger charge is 2.26. The van der Waals surface area contributed by atoms with Crippen LogP contribution in [0, 0.1) is 11.2 Å². The first-order valence-corrected chi connectivity index (χ1v) is 7.82. The molecule has 2 rings (SSSR count). The summed E-state index contributed by atoms with van der Waals surface area (Å²) in [5.41, 5.74) is 0.995. The molecular weight excluding hydrogens is 319 g/mol. The standard InChI is InChI=1S/C17H25FN2O2.ClH/c1-17(7-9-19-10-8-17)12-20-16(21)6-4-13-3-5-15(22-2)14(18)11-13;/h3,5,11,19H,4,6-10,12H2,1-2H3,(H,20,21);1H. The Labute approximate surface area is 143 Å². The molecule has 1 saturated heterocycles. The first-order valence-electron chi connectivity index (χ1n) is 7.82. The number of benzene rings is 1. The first-order chi connectivity index (χ1) is 10.5. The van der Waals surface area contributed by atoms with Crippen molar-refractivity contribution in [3.8, 4) is 5.75 Å². The summed E-state index contributed by atoms with van der Waals surface area (Å²) in [6, 6.07) is 4.82. The molecule has 0 radical (unpaired) electrons. The SMILES string of the molecule is COc1ccc(CCC(=O)NCC2(C)CCNCC2)cc1F.Cl. The number of halogens is 2. The zero-order valence-electron chi connectivity index (χ0n) is 13.8. The van der Waals surface area contributed by atoms with Crippen LogP contribution in [-0.4, -0.2) is 32.7 Å². The Morgan fingerprint density at radius 2 is 2.09 bits per heavy atom. The van der Waals surface area contributed by atoms with Crippen LogP contribution in [0.5, 0.6) is 5.75 Å². The fourth-order valence-electron chi connectivity index (χ4n) is 2.73. The van der Waals surface area contributed by atoms with Crippen LogP contribution >= 0.6 is 12.4 Å². The van der Waals surface area contributed by atoms with E-state index in [4.69, 9.17) is 4.74 Å². The van der Waals surface area contributed by atoms with Crippen LogP contribution in [0.2, 0.25) is 0 Å². The Kier molecular flexibility index (Phi) is 7.79. The second kappa shape index (κ2) is 9.08. The molecule has 1 aromatic carbocycles. The van der Waals surface area contributed by atoms with Crippen LogP contribution in [0.25, 0.3) is 0 Å². The number of methoxy groups -OCH3 is 1. The molecule has 0 atom stereocenters. The quantitative estimate of drug-likeness (QED) is 0.834. The van der Waals surface area contributed by atoms with Gasteiger partial charge in [0.1, 0.15) is 0 Å². The van der Waals surface area contributed by atoms with Crippen LogP contribution in [0.4, 0.5) is 4.39 Å². The zero-order valence-corrected chi connectivity index (χ0v) is 14.6. The van der Waals surface area contributed by atoms with Crippen molar-refractivity contribution in [2.24, 2.45) is 5.41 Å². The number of carbonyl (C=O) groups is 1. The Morgan fingerprint density at radius 3 is 2.70 bits per heavy atom. The van der Waals surface area contributed by atoms with Crippen LogP contribution < -0.4 is 15.4 Å². The normalized spacial score (nSPS) is 16.3. The summed E-state index contributed by atoms with van der Waals surface area (Å²) >= 11 is 0. The third-order valence-corrected chi connectivity index (χ3v) is 4.38. The lowest BCUT2D eigenvalue weighted by atomic mass is 9.81. The molecule has 0 unspecified atom stereocenters. The van der Waals surface area contributed by atoms with Gasteiger partial charge in [-0.2, -0.15) is 0 Å². The molecule has 130 valence electrons. The minimum absolute atomic E-state index is 0. The predicted molar refractivity (Wildman–Crippen MR) is 91.7 cm³/mol. The molecule has 0 spiro atoms. The fourth-order valence-corrected chi connectivity index (χ4v) is 2.73. The number of hydrogen-bond donors (Lipinski definition) is 2. The summed E-state index contributed by atoms with van der Waals surface area (Å²) in [6.07, 6.45) is 3.07. The van der Waals surface area contributed by atoms with Gasteiger partial charge in [0.2, 0.25) is 5.91 Å². The lowest BCUT2D eigenvalue weighted by molar-refractivity contribution is -0.121. The van der Waals surface area contributed by atoms with E-state index in [9.17, 15) is 9.18 Å². The summed E-state index contributed by atoms with van der Waals surface area (Å²) in [7, 11) is 1.44. The van der Waals surface area contributed by atoms with Crippen molar-refractivity contribution in [2.45, 2.75) is 32.6 Å². The van der Waals surface area contributed by atoms with E-state index in [1.165, 1.54) is 13.2 Å². The van der Waals surface area contributed by atoms with Gasteiger partial charge in [0, 0.05) is 13.0 Å². The average Bonchev–Trinajstić information content (AvgIpc) is 2.52. The summed E-state index contributed by atoms with van der Waals surface area (Å²) < 4.78 is 18.5. The van der Waals surface area contributed by atoms with Gasteiger partial charge >= 0.3 is 0 Å². The van der Waals surface area contributed by atoms with Crippen molar-refractivity contribution >= 4 is 18.3 Å². The van der Waals surface area contributed by atoms with Crippen molar-refractivity contribution in [3.63, 3.8) is 0 Å². The van der Waals surface area contributed by atoms with Crippen molar-refractivity contribution in [2.75, 3.05) is 26.7 Å². The monoisotopic (exact) mass is 344 g/mol. The smallest absolute Gasteiger partial charge is 0.220 e. The molecule has 4 nitrogen and oxygen atoms in total. The van der Waals surface area contributed by atoms with Gasteiger partial charge in [0.05, 0.1) is 7.11 Å². The van der Waals surface area contributed by atoms with Gasteiger partial charge in [-0.3, -0.25) is 4.79 Å². The van der Waals surface area contributed by atoms with Gasteiger partial charge in [0.15, 0.2) is 11.6 Å². The van der Waals surface area contributed by atoms with Crippen LogP contribution in [-0.2, 0) is 11.2 Å². The Balaban J connectivity index is 0.00000264. The van der Waals surface area contributed by atoms with E-state index in [0.29, 0.717) is 19.4 Å². The molecule has 1 amide bonds. The van der Waals surface area contributed by atoms with E-state index in [2.05, 4.69) is 17.6 Å². The highest BCUT2D eigenvalue weighted by Crippen LogP contribution is 2.26. The average molecular weight is 345 g/mol. The first kappa shape index (κ1) is 19.7. The summed E-state index contributed by atoms with van der Waals surface area (Å²) in [4.78, 5) is 12.0. The maximum atomic E-state index is 13.6. The zero-order chi connectivity index (χ0) is 16.0. The molecule has 1 fully saturated rings. The van der Waals surface area contributed by atoms with Crippen LogP contribution in [0.1, 0.15) is 31.7 Å². The van der Waals surface area contributed by atoms with Crippen LogP contribution in [0.3, 0.4) is 0 Å². The van der Waals surface area contributed by atoms with Crippen molar-refractivity contribution in [1.82, 2.24) is 10.6 Å². The molecule has 0 aromatic heterocycles. The largest absolute Gasteiger partial charge is 0.494 e. The summed E-state index contributed by atoms with van der Waals surface area (Å²) in [5.74, 6) is -0.134. The number of aryl methyl sites for hydroxylation is 1. The molecule has 1 aromatic rings. The van der Waals surface area contributed by atoms with Gasteiger partial charge < -0.3 is 15.4 Å². The molecule has 1 aliphatic rings. The number of nitrogens with one attached hydrogen (secondary N) is 2. The number of hydrogen-bond acceptors (Lipinski definition) is 3. The molecule has 1 aliphatic heterocycles. The van der Waals surface area contributed by atoms with E-state index in [0.717, 1.165) is 31.5 Å². The fraction of sp³-hybridized carbons (Fsp3) is 0.588. The highest BCUT2D eigenvalue weighted by molar-refractivity contribution is 5.85.